The molecule has 1 aromatic carbocycles. The van der Waals surface area contributed by atoms with E-state index in [-0.39, 0.29) is 30.4 Å². The maximum absolute atomic E-state index is 12.6. The Hall–Kier alpha value is -2.57. The van der Waals surface area contributed by atoms with Gasteiger partial charge in [-0.1, -0.05) is 13.0 Å². The first-order valence-electron chi connectivity index (χ1n) is 9.26. The number of likely N-dealkylation sites (tertiary alicyclic amines) is 1. The first-order chi connectivity index (χ1) is 12.6. The minimum atomic E-state index is -0.876. The zero-order valence-electron chi connectivity index (χ0n) is 16.7. The van der Waals surface area contributed by atoms with Crippen LogP contribution in [0.3, 0.4) is 0 Å². The predicted molar refractivity (Wildman–Crippen MR) is 104 cm³/mol. The molecule has 0 aromatic heterocycles. The van der Waals surface area contributed by atoms with E-state index in [1.807, 2.05) is 27.7 Å². The lowest BCUT2D eigenvalue weighted by molar-refractivity contribution is -0.143. The molecule has 2 atom stereocenters. The van der Waals surface area contributed by atoms with Gasteiger partial charge in [-0.05, 0) is 50.8 Å². The molecule has 1 aromatic rings. The summed E-state index contributed by atoms with van der Waals surface area (Å²) in [6.07, 6.45) is 0.573. The van der Waals surface area contributed by atoms with Gasteiger partial charge in [-0.3, -0.25) is 9.59 Å². The summed E-state index contributed by atoms with van der Waals surface area (Å²) in [5.41, 5.74) is 1.90. The van der Waals surface area contributed by atoms with E-state index >= 15 is 0 Å². The van der Waals surface area contributed by atoms with Gasteiger partial charge in [0.05, 0.1) is 5.92 Å². The van der Waals surface area contributed by atoms with Crippen LogP contribution in [-0.2, 0) is 4.79 Å². The molecule has 7 nitrogen and oxygen atoms in total. The monoisotopic (exact) mass is 375 g/mol. The summed E-state index contributed by atoms with van der Waals surface area (Å²) in [5, 5.41) is 12.1. The lowest BCUT2D eigenvalue weighted by atomic mass is 9.91. The van der Waals surface area contributed by atoms with Crippen molar-refractivity contribution in [2.75, 3.05) is 25.5 Å². The highest BCUT2D eigenvalue weighted by Gasteiger charge is 2.32. The van der Waals surface area contributed by atoms with Crippen LogP contribution in [0.5, 0.6) is 0 Å². The number of carbonyl (C=O) groups excluding carboxylic acids is 2. The van der Waals surface area contributed by atoms with Crippen LogP contribution >= 0.6 is 0 Å². The third-order valence-corrected chi connectivity index (χ3v) is 5.11. The van der Waals surface area contributed by atoms with Crippen LogP contribution in [0.25, 0.3) is 0 Å². The van der Waals surface area contributed by atoms with Crippen LogP contribution in [-0.4, -0.2) is 59.0 Å². The maximum atomic E-state index is 12.6. The van der Waals surface area contributed by atoms with Crippen molar-refractivity contribution in [1.82, 2.24) is 9.80 Å². The Kier molecular flexibility index (Phi) is 6.46. The third-order valence-electron chi connectivity index (χ3n) is 5.11. The quantitative estimate of drug-likeness (QED) is 0.846. The van der Waals surface area contributed by atoms with Gasteiger partial charge in [0.2, 0.25) is 0 Å². The standard InChI is InChI=1S/C20H29N3O4/c1-12(2)22(5)18(24)17-9-16(7-6-14(17)4)21-20(27)23-10-13(3)8-15(11-23)19(25)26/h6-7,9,12-13,15H,8,10-11H2,1-5H3,(H,21,27)(H,25,26). The Morgan fingerprint density at radius 2 is 1.93 bits per heavy atom. The van der Waals surface area contributed by atoms with E-state index in [1.165, 1.54) is 4.90 Å². The van der Waals surface area contributed by atoms with Crippen LogP contribution in [0.2, 0.25) is 0 Å². The van der Waals surface area contributed by atoms with E-state index in [4.69, 9.17) is 0 Å². The van der Waals surface area contributed by atoms with Crippen molar-refractivity contribution >= 4 is 23.6 Å². The molecule has 27 heavy (non-hydrogen) atoms. The maximum Gasteiger partial charge on any atom is 0.321 e. The molecular formula is C20H29N3O4. The van der Waals surface area contributed by atoms with Gasteiger partial charge >= 0.3 is 12.0 Å². The number of carbonyl (C=O) groups is 3. The van der Waals surface area contributed by atoms with E-state index in [1.54, 1.807) is 30.1 Å². The normalized spacial score (nSPS) is 19.7. The summed E-state index contributed by atoms with van der Waals surface area (Å²) in [6.45, 7) is 8.39. The molecule has 0 radical (unpaired) electrons. The number of anilines is 1. The number of amides is 3. The molecule has 2 N–H and O–H groups in total. The highest BCUT2D eigenvalue weighted by Crippen LogP contribution is 2.23. The minimum absolute atomic E-state index is 0.0675. The molecule has 0 bridgehead atoms. The number of aliphatic carboxylic acids is 1. The molecule has 1 fully saturated rings. The molecule has 0 saturated carbocycles. The summed E-state index contributed by atoms with van der Waals surface area (Å²) in [5.74, 6) is -1.40. The number of hydrogen-bond acceptors (Lipinski definition) is 3. The highest BCUT2D eigenvalue weighted by atomic mass is 16.4. The SMILES string of the molecule is Cc1ccc(NC(=O)N2CC(C)CC(C(=O)O)C2)cc1C(=O)N(C)C(C)C. The van der Waals surface area contributed by atoms with E-state index in [9.17, 15) is 19.5 Å². The van der Waals surface area contributed by atoms with Gasteiger partial charge in [0.15, 0.2) is 0 Å². The summed E-state index contributed by atoms with van der Waals surface area (Å²) in [4.78, 5) is 39.7. The van der Waals surface area contributed by atoms with Gasteiger partial charge in [-0.15, -0.1) is 0 Å². The van der Waals surface area contributed by atoms with E-state index < -0.39 is 11.9 Å². The first kappa shape index (κ1) is 20.7. The second-order valence-corrected chi connectivity index (χ2v) is 7.75. The molecule has 7 heteroatoms. The number of carboxylic acid groups (broad SMARTS) is 1. The Morgan fingerprint density at radius 3 is 2.52 bits per heavy atom. The number of benzene rings is 1. The molecule has 3 amide bonds. The number of piperidine rings is 1. The molecule has 0 aliphatic carbocycles. The van der Waals surface area contributed by atoms with Gasteiger partial charge in [0, 0.05) is 37.4 Å². The highest BCUT2D eigenvalue weighted by molar-refractivity contribution is 5.98. The van der Waals surface area contributed by atoms with Crippen molar-refractivity contribution < 1.29 is 19.5 Å². The fraction of sp³-hybridized carbons (Fsp3) is 0.550. The van der Waals surface area contributed by atoms with E-state index in [2.05, 4.69) is 5.32 Å². The number of rotatable bonds is 4. The zero-order chi connectivity index (χ0) is 20.3. The first-order valence-corrected chi connectivity index (χ1v) is 9.26. The Balaban J connectivity index is 2.15. The Labute approximate surface area is 160 Å². The fourth-order valence-corrected chi connectivity index (χ4v) is 3.25. The molecule has 2 rings (SSSR count). The van der Waals surface area contributed by atoms with Crippen molar-refractivity contribution in [3.8, 4) is 0 Å². The lowest BCUT2D eigenvalue weighted by Gasteiger charge is -2.34. The van der Waals surface area contributed by atoms with Crippen LogP contribution in [0, 0.1) is 18.8 Å². The van der Waals surface area contributed by atoms with Crippen molar-refractivity contribution in [2.45, 2.75) is 40.2 Å². The summed E-state index contributed by atoms with van der Waals surface area (Å²) >= 11 is 0. The summed E-state index contributed by atoms with van der Waals surface area (Å²) in [7, 11) is 1.75. The average Bonchev–Trinajstić information content (AvgIpc) is 2.61. The average molecular weight is 375 g/mol. The molecule has 1 saturated heterocycles. The van der Waals surface area contributed by atoms with Crippen LogP contribution in [0.4, 0.5) is 10.5 Å². The van der Waals surface area contributed by atoms with Crippen molar-refractivity contribution in [3.05, 3.63) is 29.3 Å². The molecule has 0 spiro atoms. The predicted octanol–water partition coefficient (Wildman–Crippen LogP) is 3.05. The molecule has 1 aliphatic heterocycles. The van der Waals surface area contributed by atoms with Crippen LogP contribution < -0.4 is 5.32 Å². The molecule has 1 aliphatic rings. The Bertz CT molecular complexity index is 732. The van der Waals surface area contributed by atoms with E-state index in [0.29, 0.717) is 24.2 Å². The molecule has 2 unspecified atom stereocenters. The van der Waals surface area contributed by atoms with Gasteiger partial charge < -0.3 is 20.2 Å². The second-order valence-electron chi connectivity index (χ2n) is 7.75. The number of carboxylic acids is 1. The van der Waals surface area contributed by atoms with Crippen LogP contribution in [0.1, 0.15) is 43.1 Å². The fourth-order valence-electron chi connectivity index (χ4n) is 3.25. The van der Waals surface area contributed by atoms with Gasteiger partial charge in [0.25, 0.3) is 5.91 Å². The van der Waals surface area contributed by atoms with Crippen molar-refractivity contribution in [2.24, 2.45) is 11.8 Å². The van der Waals surface area contributed by atoms with Gasteiger partial charge in [0.1, 0.15) is 0 Å². The zero-order valence-corrected chi connectivity index (χ0v) is 16.7. The number of nitrogens with zero attached hydrogens (tertiary/aromatic N) is 2. The minimum Gasteiger partial charge on any atom is -0.481 e. The number of aryl methyl sites for hydroxylation is 1. The van der Waals surface area contributed by atoms with E-state index in [0.717, 1.165) is 5.56 Å². The topological polar surface area (TPSA) is 90.0 Å². The number of urea groups is 1. The van der Waals surface area contributed by atoms with Crippen molar-refractivity contribution in [1.29, 1.82) is 0 Å². The summed E-state index contributed by atoms with van der Waals surface area (Å²) in [6, 6.07) is 4.96. The number of hydrogen-bond donors (Lipinski definition) is 2. The third kappa shape index (κ3) is 4.99. The Morgan fingerprint density at radius 1 is 1.26 bits per heavy atom. The van der Waals surface area contributed by atoms with Gasteiger partial charge in [-0.2, -0.15) is 0 Å². The molecule has 1 heterocycles. The van der Waals surface area contributed by atoms with Gasteiger partial charge in [-0.25, -0.2) is 4.79 Å². The summed E-state index contributed by atoms with van der Waals surface area (Å²) < 4.78 is 0. The number of nitrogens with one attached hydrogen (secondary N) is 1. The lowest BCUT2D eigenvalue weighted by Crippen LogP contribution is -2.47. The van der Waals surface area contributed by atoms with Crippen LogP contribution in [0.15, 0.2) is 18.2 Å². The van der Waals surface area contributed by atoms with Crippen molar-refractivity contribution in [3.63, 3.8) is 0 Å². The largest absolute Gasteiger partial charge is 0.481 e. The molecule has 148 valence electrons. The smallest absolute Gasteiger partial charge is 0.321 e. The molecular weight excluding hydrogens is 346 g/mol. The second kappa shape index (κ2) is 8.41.